The van der Waals surface area contributed by atoms with Gasteiger partial charge in [-0.05, 0) is 25.2 Å². The van der Waals surface area contributed by atoms with E-state index >= 15 is 0 Å². The average Bonchev–Trinajstić information content (AvgIpc) is 3.46. The normalized spacial score (nSPS) is 10.9. The monoisotopic (exact) mass is 468 g/mol. The number of anilines is 1. The van der Waals surface area contributed by atoms with Crippen molar-refractivity contribution in [3.8, 4) is 10.6 Å². The van der Waals surface area contributed by atoms with Crippen LogP contribution in [0.5, 0.6) is 0 Å². The van der Waals surface area contributed by atoms with Crippen LogP contribution in [0, 0.1) is 11.7 Å². The molecule has 0 spiro atoms. The lowest BCUT2D eigenvalue weighted by Crippen LogP contribution is -2.14. The van der Waals surface area contributed by atoms with E-state index < -0.39 is 0 Å². The molecule has 1 amide bonds. The van der Waals surface area contributed by atoms with Crippen molar-refractivity contribution in [2.75, 3.05) is 5.32 Å². The smallest absolute Gasteiger partial charge is 0.232 e. The van der Waals surface area contributed by atoms with Gasteiger partial charge in [0.1, 0.15) is 10.8 Å². The summed E-state index contributed by atoms with van der Waals surface area (Å²) in [5.74, 6) is 0.635. The zero-order valence-corrected chi connectivity index (χ0v) is 19.2. The van der Waals surface area contributed by atoms with Gasteiger partial charge in [0.25, 0.3) is 0 Å². The summed E-state index contributed by atoms with van der Waals surface area (Å²) in [6.45, 7) is 6.37. The van der Waals surface area contributed by atoms with Crippen molar-refractivity contribution >= 4 is 45.9 Å². The van der Waals surface area contributed by atoms with Crippen molar-refractivity contribution in [2.24, 2.45) is 0 Å². The third-order valence-corrected chi connectivity index (χ3v) is 6.50. The van der Waals surface area contributed by atoms with E-state index in [2.05, 4.69) is 51.1 Å². The van der Waals surface area contributed by atoms with Crippen molar-refractivity contribution in [1.29, 1.82) is 0 Å². The molecule has 7 nitrogen and oxygen atoms in total. The minimum atomic E-state index is -0.142. The van der Waals surface area contributed by atoms with Gasteiger partial charge in [-0.2, -0.15) is 5.10 Å². The first-order chi connectivity index (χ1) is 15.0. The summed E-state index contributed by atoms with van der Waals surface area (Å²) in [5.41, 5.74) is 3.81. The lowest BCUT2D eigenvalue weighted by Gasteiger charge is -2.02. The van der Waals surface area contributed by atoms with E-state index in [0.717, 1.165) is 27.8 Å². The van der Waals surface area contributed by atoms with Crippen LogP contribution in [0.4, 0.5) is 5.13 Å². The lowest BCUT2D eigenvalue weighted by atomic mass is 10.1. The first-order valence-electron chi connectivity index (χ1n) is 9.52. The standard InChI is InChI=1S/C21H20N6OS3/c1-3-7-27-17(25-26-21(27)29)9-15-12-31-20(23-15)24-18(28)10-16-11-30-19(22-16)14-6-4-5-13(2)8-14/h3-6,8,11-12H,1,7,9-10H2,2H3,(H,26,29)(H,23,24,28). The largest absolute Gasteiger partial charge is 0.302 e. The van der Waals surface area contributed by atoms with Crippen LogP contribution in [-0.2, 0) is 24.2 Å². The number of thiazole rings is 2. The summed E-state index contributed by atoms with van der Waals surface area (Å²) in [5, 5.41) is 15.2. The Morgan fingerprint density at radius 2 is 2.13 bits per heavy atom. The number of aromatic amines is 1. The first-order valence-corrected chi connectivity index (χ1v) is 11.7. The van der Waals surface area contributed by atoms with Crippen LogP contribution in [0.25, 0.3) is 10.6 Å². The highest BCUT2D eigenvalue weighted by Crippen LogP contribution is 2.25. The maximum atomic E-state index is 12.5. The molecule has 3 aromatic heterocycles. The molecule has 4 rings (SSSR count). The Labute approximate surface area is 192 Å². The van der Waals surface area contributed by atoms with E-state index in [0.29, 0.717) is 22.9 Å². The highest BCUT2D eigenvalue weighted by Gasteiger charge is 2.13. The quantitative estimate of drug-likeness (QED) is 0.287. The Hall–Kier alpha value is -2.95. The number of aryl methyl sites for hydroxylation is 1. The molecule has 0 aliphatic carbocycles. The molecule has 0 bridgehead atoms. The molecule has 0 atom stereocenters. The number of benzene rings is 1. The zero-order chi connectivity index (χ0) is 21.8. The van der Waals surface area contributed by atoms with Crippen molar-refractivity contribution in [3.05, 3.63) is 75.2 Å². The molecule has 0 unspecified atom stereocenters. The molecular weight excluding hydrogens is 448 g/mol. The van der Waals surface area contributed by atoms with Crippen LogP contribution >= 0.6 is 34.9 Å². The molecule has 3 heterocycles. The van der Waals surface area contributed by atoms with Gasteiger partial charge in [0.15, 0.2) is 9.90 Å². The molecule has 0 saturated carbocycles. The molecule has 2 N–H and O–H groups in total. The zero-order valence-electron chi connectivity index (χ0n) is 16.8. The number of hydrogen-bond donors (Lipinski definition) is 2. The number of nitrogens with one attached hydrogen (secondary N) is 2. The van der Waals surface area contributed by atoms with Crippen LogP contribution in [0.1, 0.15) is 22.8 Å². The third-order valence-electron chi connectivity index (χ3n) is 4.44. The van der Waals surface area contributed by atoms with Crippen molar-refractivity contribution in [3.63, 3.8) is 0 Å². The fourth-order valence-electron chi connectivity index (χ4n) is 3.04. The molecular formula is C21H20N6OS3. The number of H-pyrrole nitrogens is 1. The fourth-order valence-corrected chi connectivity index (χ4v) is 4.81. The maximum absolute atomic E-state index is 12.5. The molecule has 31 heavy (non-hydrogen) atoms. The molecule has 0 saturated heterocycles. The predicted octanol–water partition coefficient (Wildman–Crippen LogP) is 4.79. The first kappa shape index (κ1) is 21.3. The molecule has 1 aromatic carbocycles. The van der Waals surface area contributed by atoms with Crippen molar-refractivity contribution in [2.45, 2.75) is 26.3 Å². The van der Waals surface area contributed by atoms with Crippen LogP contribution in [-0.4, -0.2) is 30.6 Å². The van der Waals surface area contributed by atoms with Crippen molar-refractivity contribution in [1.82, 2.24) is 24.7 Å². The fraction of sp³-hybridized carbons (Fsp3) is 0.190. The number of allylic oxidation sites excluding steroid dienone is 1. The second kappa shape index (κ2) is 9.46. The van der Waals surface area contributed by atoms with Gasteiger partial charge in [-0.15, -0.1) is 29.3 Å². The van der Waals surface area contributed by atoms with Gasteiger partial charge >= 0.3 is 0 Å². The van der Waals surface area contributed by atoms with E-state index in [-0.39, 0.29) is 12.3 Å². The molecule has 0 aliphatic heterocycles. The highest BCUT2D eigenvalue weighted by atomic mass is 32.1. The Balaban J connectivity index is 1.37. The molecule has 158 valence electrons. The molecule has 0 radical (unpaired) electrons. The summed E-state index contributed by atoms with van der Waals surface area (Å²) in [6.07, 6.45) is 2.49. The van der Waals surface area contributed by atoms with Gasteiger partial charge in [0, 0.05) is 22.9 Å². The summed E-state index contributed by atoms with van der Waals surface area (Å²) in [6, 6.07) is 8.18. The number of nitrogens with zero attached hydrogens (tertiary/aromatic N) is 4. The second-order valence-electron chi connectivity index (χ2n) is 6.90. The third kappa shape index (κ3) is 5.22. The van der Waals surface area contributed by atoms with Gasteiger partial charge in [-0.3, -0.25) is 14.5 Å². The number of hydrogen-bond acceptors (Lipinski definition) is 7. The Kier molecular flexibility index (Phi) is 6.50. The van der Waals surface area contributed by atoms with Gasteiger partial charge in [-0.1, -0.05) is 29.8 Å². The number of aromatic nitrogens is 5. The number of carbonyl (C=O) groups excluding carboxylic acids is 1. The maximum Gasteiger partial charge on any atom is 0.232 e. The SMILES string of the molecule is C=CCn1c(Cc2csc(NC(=O)Cc3csc(-c4cccc(C)c4)n3)n2)n[nH]c1=S. The van der Waals surface area contributed by atoms with E-state index in [4.69, 9.17) is 12.2 Å². The average molecular weight is 469 g/mol. The lowest BCUT2D eigenvalue weighted by molar-refractivity contribution is -0.115. The molecule has 0 fully saturated rings. The van der Waals surface area contributed by atoms with E-state index in [1.165, 1.54) is 16.9 Å². The summed E-state index contributed by atoms with van der Waals surface area (Å²) in [4.78, 5) is 21.6. The molecule has 4 aromatic rings. The molecule has 10 heteroatoms. The van der Waals surface area contributed by atoms with E-state index in [9.17, 15) is 4.79 Å². The minimum Gasteiger partial charge on any atom is -0.302 e. The summed E-state index contributed by atoms with van der Waals surface area (Å²) >= 11 is 8.16. The Morgan fingerprint density at radius 3 is 2.94 bits per heavy atom. The summed E-state index contributed by atoms with van der Waals surface area (Å²) in [7, 11) is 0. The van der Waals surface area contributed by atoms with Crippen LogP contribution in [0.15, 0.2) is 47.7 Å². The van der Waals surface area contributed by atoms with Crippen LogP contribution in [0.2, 0.25) is 0 Å². The number of carbonyl (C=O) groups is 1. The molecule has 0 aliphatic rings. The Bertz CT molecular complexity index is 1280. The van der Waals surface area contributed by atoms with Crippen LogP contribution in [0.3, 0.4) is 0 Å². The predicted molar refractivity (Wildman–Crippen MR) is 127 cm³/mol. The minimum absolute atomic E-state index is 0.142. The van der Waals surface area contributed by atoms with E-state index in [1.54, 1.807) is 17.4 Å². The number of amides is 1. The van der Waals surface area contributed by atoms with Crippen LogP contribution < -0.4 is 5.32 Å². The summed E-state index contributed by atoms with van der Waals surface area (Å²) < 4.78 is 2.42. The Morgan fingerprint density at radius 1 is 1.29 bits per heavy atom. The second-order valence-corrected chi connectivity index (χ2v) is 9.01. The number of rotatable bonds is 8. The van der Waals surface area contributed by atoms with Gasteiger partial charge in [-0.25, -0.2) is 9.97 Å². The van der Waals surface area contributed by atoms with Gasteiger partial charge in [0.2, 0.25) is 5.91 Å². The van der Waals surface area contributed by atoms with Gasteiger partial charge < -0.3 is 5.32 Å². The highest BCUT2D eigenvalue weighted by molar-refractivity contribution is 7.71. The topological polar surface area (TPSA) is 88.5 Å². The van der Waals surface area contributed by atoms with Crippen molar-refractivity contribution < 1.29 is 4.79 Å². The van der Waals surface area contributed by atoms with Gasteiger partial charge in [0.05, 0.1) is 24.2 Å². The van der Waals surface area contributed by atoms with E-state index in [1.807, 2.05) is 27.5 Å².